The number of aromatic hydroxyl groups is 1. The van der Waals surface area contributed by atoms with Gasteiger partial charge in [0.1, 0.15) is 22.6 Å². The van der Waals surface area contributed by atoms with Crippen LogP contribution in [0.3, 0.4) is 0 Å². The molecule has 1 N–H and O–H groups in total. The molecule has 0 spiro atoms. The van der Waals surface area contributed by atoms with Gasteiger partial charge in [0.05, 0.1) is 25.5 Å². The largest absolute Gasteiger partial charge is 0.507 e. The van der Waals surface area contributed by atoms with E-state index in [-0.39, 0.29) is 33.8 Å². The van der Waals surface area contributed by atoms with Crippen LogP contribution in [0, 0.1) is 0 Å². The molecular formula is C24H24N2O7. The molecule has 0 saturated heterocycles. The second-order valence-corrected chi connectivity index (χ2v) is 8.04. The van der Waals surface area contributed by atoms with Crippen LogP contribution in [-0.4, -0.2) is 52.6 Å². The summed E-state index contributed by atoms with van der Waals surface area (Å²) in [6.07, 6.45) is 0. The van der Waals surface area contributed by atoms with E-state index in [1.807, 2.05) is 0 Å². The summed E-state index contributed by atoms with van der Waals surface area (Å²) in [6, 6.07) is 12.6. The molecule has 3 aromatic rings. The van der Waals surface area contributed by atoms with Gasteiger partial charge < -0.3 is 19.3 Å². The van der Waals surface area contributed by atoms with Gasteiger partial charge in [-0.25, -0.2) is 19.1 Å². The molecule has 0 amide bonds. The summed E-state index contributed by atoms with van der Waals surface area (Å²) < 4.78 is 16.4. The Morgan fingerprint density at radius 1 is 0.909 bits per heavy atom. The minimum Gasteiger partial charge on any atom is -0.507 e. The number of esters is 3. The lowest BCUT2D eigenvalue weighted by molar-refractivity contribution is 0.00692. The van der Waals surface area contributed by atoms with Gasteiger partial charge in [-0.1, -0.05) is 18.2 Å². The number of para-hydroxylation sites is 1. The van der Waals surface area contributed by atoms with E-state index in [1.165, 1.54) is 30.0 Å². The molecule has 0 fully saturated rings. The number of phenols is 1. The highest BCUT2D eigenvalue weighted by Crippen LogP contribution is 2.35. The van der Waals surface area contributed by atoms with E-state index in [9.17, 15) is 19.5 Å². The first-order valence-electron chi connectivity index (χ1n) is 9.99. The molecule has 9 heteroatoms. The zero-order valence-electron chi connectivity index (χ0n) is 18.9. The summed E-state index contributed by atoms with van der Waals surface area (Å²) in [6.45, 7) is 5.18. The van der Waals surface area contributed by atoms with Crippen molar-refractivity contribution in [2.24, 2.45) is 0 Å². The average molecular weight is 452 g/mol. The lowest BCUT2D eigenvalue weighted by Crippen LogP contribution is -2.23. The molecule has 172 valence electrons. The first kappa shape index (κ1) is 23.5. The van der Waals surface area contributed by atoms with Gasteiger partial charge in [0.25, 0.3) is 0 Å². The molecule has 1 aromatic heterocycles. The first-order chi connectivity index (χ1) is 15.6. The maximum Gasteiger partial charge on any atom is 0.357 e. The molecule has 1 heterocycles. The summed E-state index contributed by atoms with van der Waals surface area (Å²) in [4.78, 5) is 38.0. The third kappa shape index (κ3) is 4.87. The smallest absolute Gasteiger partial charge is 0.357 e. The molecule has 0 aliphatic rings. The summed E-state index contributed by atoms with van der Waals surface area (Å²) in [5, 5.41) is 15.0. The van der Waals surface area contributed by atoms with Gasteiger partial charge in [-0.2, -0.15) is 5.10 Å². The number of carbonyl (C=O) groups excluding carboxylic acids is 3. The van der Waals surface area contributed by atoms with Crippen LogP contribution in [0.1, 0.15) is 52.0 Å². The molecule has 0 radical (unpaired) electrons. The fraction of sp³-hybridized carbons (Fsp3) is 0.250. The van der Waals surface area contributed by atoms with Gasteiger partial charge in [0, 0.05) is 5.56 Å². The first-order valence-corrected chi connectivity index (χ1v) is 9.99. The van der Waals surface area contributed by atoms with Crippen LogP contribution in [0.25, 0.3) is 16.9 Å². The number of hydrogen-bond donors (Lipinski definition) is 1. The molecule has 0 saturated carbocycles. The third-order valence-electron chi connectivity index (χ3n) is 4.54. The summed E-state index contributed by atoms with van der Waals surface area (Å²) in [7, 11) is 2.33. The van der Waals surface area contributed by atoms with Crippen molar-refractivity contribution >= 4 is 17.9 Å². The number of methoxy groups -OCH3 is 2. The van der Waals surface area contributed by atoms with Crippen LogP contribution in [0.4, 0.5) is 0 Å². The number of nitrogens with zero attached hydrogens (tertiary/aromatic N) is 2. The molecule has 0 bridgehead atoms. The molecule has 0 unspecified atom stereocenters. The lowest BCUT2D eigenvalue weighted by Gasteiger charge is -2.19. The number of benzene rings is 2. The van der Waals surface area contributed by atoms with Crippen molar-refractivity contribution in [3.8, 4) is 22.7 Å². The molecule has 0 atom stereocenters. The third-order valence-corrected chi connectivity index (χ3v) is 4.54. The zero-order valence-corrected chi connectivity index (χ0v) is 18.9. The Balaban J connectivity index is 2.30. The Morgan fingerprint density at radius 3 is 2.12 bits per heavy atom. The summed E-state index contributed by atoms with van der Waals surface area (Å²) in [5.74, 6) is -2.59. The van der Waals surface area contributed by atoms with Crippen molar-refractivity contribution in [3.05, 3.63) is 65.4 Å². The molecular weight excluding hydrogens is 428 g/mol. The van der Waals surface area contributed by atoms with Gasteiger partial charge in [0.15, 0.2) is 5.69 Å². The van der Waals surface area contributed by atoms with Crippen molar-refractivity contribution in [1.29, 1.82) is 0 Å². The Hall–Kier alpha value is -4.14. The maximum atomic E-state index is 12.8. The highest BCUT2D eigenvalue weighted by molar-refractivity contribution is 6.07. The minimum absolute atomic E-state index is 0.0404. The van der Waals surface area contributed by atoms with Gasteiger partial charge in [-0.15, -0.1) is 0 Å². The highest BCUT2D eigenvalue weighted by Gasteiger charge is 2.32. The van der Waals surface area contributed by atoms with E-state index in [0.717, 1.165) is 7.11 Å². The van der Waals surface area contributed by atoms with Gasteiger partial charge >= 0.3 is 17.9 Å². The van der Waals surface area contributed by atoms with Crippen LogP contribution < -0.4 is 0 Å². The topological polar surface area (TPSA) is 117 Å². The van der Waals surface area contributed by atoms with E-state index in [4.69, 9.17) is 14.2 Å². The predicted octanol–water partition coefficient (Wildman–Crippen LogP) is 3.77. The maximum absolute atomic E-state index is 12.8. The summed E-state index contributed by atoms with van der Waals surface area (Å²) in [5.41, 5.74) is -0.566. The van der Waals surface area contributed by atoms with Crippen LogP contribution in [0.5, 0.6) is 5.75 Å². The number of aromatic nitrogens is 2. The predicted molar refractivity (Wildman–Crippen MR) is 119 cm³/mol. The monoisotopic (exact) mass is 452 g/mol. The molecule has 0 aliphatic heterocycles. The van der Waals surface area contributed by atoms with Gasteiger partial charge in [-0.3, -0.25) is 0 Å². The van der Waals surface area contributed by atoms with Crippen molar-refractivity contribution < 1.29 is 33.7 Å². The molecule has 0 aliphatic carbocycles. The average Bonchev–Trinajstić information content (AvgIpc) is 3.18. The Morgan fingerprint density at radius 2 is 1.55 bits per heavy atom. The van der Waals surface area contributed by atoms with Gasteiger partial charge in [-0.05, 0) is 51.1 Å². The number of carbonyl (C=O) groups is 3. The van der Waals surface area contributed by atoms with Crippen molar-refractivity contribution in [2.45, 2.75) is 26.4 Å². The number of rotatable bonds is 5. The molecule has 9 nitrogen and oxygen atoms in total. The summed E-state index contributed by atoms with van der Waals surface area (Å²) >= 11 is 0. The highest BCUT2D eigenvalue weighted by atomic mass is 16.6. The second kappa shape index (κ2) is 9.15. The van der Waals surface area contributed by atoms with Crippen LogP contribution in [-0.2, 0) is 14.2 Å². The van der Waals surface area contributed by atoms with Crippen molar-refractivity contribution in [3.63, 3.8) is 0 Å². The number of hydrogen-bond acceptors (Lipinski definition) is 8. The number of phenolic OH excluding ortho intramolecular Hbond substituents is 1. The Bertz CT molecular complexity index is 1210. The standard InChI is InChI=1S/C24H24N2O7/c1-24(2,3)33-21(28)14-11-12-17(27)16(13-14)19-18(22(29)31-4)20(23(30)32-5)26(25-19)15-9-7-6-8-10-15/h6-13,27H,1-5H3. The van der Waals surface area contributed by atoms with Gasteiger partial charge in [0.2, 0.25) is 0 Å². The molecule has 3 rings (SSSR count). The molecule has 2 aromatic carbocycles. The van der Waals surface area contributed by atoms with Crippen molar-refractivity contribution in [2.75, 3.05) is 14.2 Å². The van der Waals surface area contributed by atoms with Crippen LogP contribution >= 0.6 is 0 Å². The normalized spacial score (nSPS) is 11.1. The fourth-order valence-electron chi connectivity index (χ4n) is 3.13. The van der Waals surface area contributed by atoms with E-state index in [2.05, 4.69) is 5.10 Å². The van der Waals surface area contributed by atoms with Crippen LogP contribution in [0.2, 0.25) is 0 Å². The minimum atomic E-state index is -0.866. The zero-order chi connectivity index (χ0) is 24.3. The molecule has 33 heavy (non-hydrogen) atoms. The second-order valence-electron chi connectivity index (χ2n) is 8.04. The van der Waals surface area contributed by atoms with E-state index >= 15 is 0 Å². The SMILES string of the molecule is COC(=O)c1c(-c2cc(C(=O)OC(C)(C)C)ccc2O)nn(-c2ccccc2)c1C(=O)OC. The lowest BCUT2D eigenvalue weighted by atomic mass is 10.0. The van der Waals surface area contributed by atoms with E-state index < -0.39 is 23.5 Å². The van der Waals surface area contributed by atoms with Crippen LogP contribution in [0.15, 0.2) is 48.5 Å². The fourth-order valence-corrected chi connectivity index (χ4v) is 3.13. The number of ether oxygens (including phenoxy) is 3. The Labute approximate surface area is 190 Å². The van der Waals surface area contributed by atoms with E-state index in [0.29, 0.717) is 5.69 Å². The Kier molecular flexibility index (Phi) is 6.52. The van der Waals surface area contributed by atoms with Crippen molar-refractivity contribution in [1.82, 2.24) is 9.78 Å². The van der Waals surface area contributed by atoms with E-state index in [1.54, 1.807) is 51.1 Å². The quantitative estimate of drug-likeness (QED) is 0.459.